The maximum atomic E-state index is 14.0. The van der Waals surface area contributed by atoms with Crippen LogP contribution in [-0.2, 0) is 16.0 Å². The molecule has 0 aliphatic heterocycles. The van der Waals surface area contributed by atoms with E-state index in [1.165, 1.54) is 6.07 Å². The fraction of sp³-hybridized carbons (Fsp3) is 0.517. The minimum atomic E-state index is -2.65. The summed E-state index contributed by atoms with van der Waals surface area (Å²) in [7, 11) is 6.69. The average Bonchev–Trinajstić information content (AvgIpc) is 2.79. The van der Waals surface area contributed by atoms with E-state index in [1.807, 2.05) is 0 Å². The van der Waals surface area contributed by atoms with Gasteiger partial charge in [-0.15, -0.1) is 0 Å². The standard InChI is InChI=1S/C29H37N3O8/c1-12(33)18-24(36)21(32(7)8)16-10-13-9-14-17(31(5)6)11-15(27(39)30-28(2,3)4)22(34)20(14)23(35)19(13)26(38)29(16,40)25(18)37/h11,13,16,21,34,36,38,40H,9-10H2,1-8H3,(H,30,39)/t13-,16-,21+,29+/m0/s1. The second kappa shape index (κ2) is 9.45. The number of fused-ring (bicyclic) bond motifs is 3. The molecule has 40 heavy (non-hydrogen) atoms. The summed E-state index contributed by atoms with van der Waals surface area (Å²) in [6, 6.07) is 0.517. The topological polar surface area (TPSA) is 168 Å². The van der Waals surface area contributed by atoms with Crippen molar-refractivity contribution < 1.29 is 39.6 Å². The number of aliphatic hydroxyl groups excluding tert-OH is 2. The van der Waals surface area contributed by atoms with Gasteiger partial charge in [-0.25, -0.2) is 0 Å². The molecule has 0 unspecified atom stereocenters. The largest absolute Gasteiger partial charge is 0.510 e. The van der Waals surface area contributed by atoms with Crippen LogP contribution in [0.4, 0.5) is 5.69 Å². The first-order valence-electron chi connectivity index (χ1n) is 13.1. The maximum absolute atomic E-state index is 14.0. The molecule has 5 N–H and O–H groups in total. The van der Waals surface area contributed by atoms with Crippen LogP contribution in [0, 0.1) is 11.8 Å². The highest BCUT2D eigenvalue weighted by atomic mass is 16.3. The first-order chi connectivity index (χ1) is 18.3. The fourth-order valence-electron chi connectivity index (χ4n) is 6.38. The van der Waals surface area contributed by atoms with Gasteiger partial charge in [0.25, 0.3) is 5.91 Å². The fourth-order valence-corrected chi connectivity index (χ4v) is 6.38. The number of hydrogen-bond acceptors (Lipinski definition) is 10. The number of amides is 1. The van der Waals surface area contributed by atoms with Gasteiger partial charge in [0.15, 0.2) is 17.2 Å². The van der Waals surface area contributed by atoms with Crippen LogP contribution in [0.25, 0.3) is 0 Å². The highest BCUT2D eigenvalue weighted by Gasteiger charge is 2.63. The Balaban J connectivity index is 1.97. The molecule has 0 saturated carbocycles. The van der Waals surface area contributed by atoms with Crippen LogP contribution in [-0.4, -0.2) is 94.0 Å². The van der Waals surface area contributed by atoms with Crippen LogP contribution < -0.4 is 10.2 Å². The van der Waals surface area contributed by atoms with Crippen molar-refractivity contribution >= 4 is 28.9 Å². The third-order valence-corrected chi connectivity index (χ3v) is 8.02. The molecule has 3 aliphatic rings. The van der Waals surface area contributed by atoms with Crippen molar-refractivity contribution in [2.24, 2.45) is 11.8 Å². The molecule has 11 nitrogen and oxygen atoms in total. The summed E-state index contributed by atoms with van der Waals surface area (Å²) in [6.45, 7) is 6.39. The molecular formula is C29H37N3O8. The number of aromatic hydroxyl groups is 1. The predicted octanol–water partition coefficient (Wildman–Crippen LogP) is 1.82. The second-order valence-corrected chi connectivity index (χ2v) is 12.4. The van der Waals surface area contributed by atoms with Crippen LogP contribution >= 0.6 is 0 Å². The molecule has 0 spiro atoms. The number of allylic oxidation sites excluding steroid dienone is 1. The summed E-state index contributed by atoms with van der Waals surface area (Å²) in [4.78, 5) is 56.3. The number of likely N-dealkylation sites (N-methyl/N-ethyl adjacent to an activating group) is 1. The molecule has 1 aromatic rings. The van der Waals surface area contributed by atoms with Crippen LogP contribution in [0.5, 0.6) is 5.75 Å². The summed E-state index contributed by atoms with van der Waals surface area (Å²) >= 11 is 0. The number of phenols is 1. The van der Waals surface area contributed by atoms with Gasteiger partial charge >= 0.3 is 0 Å². The van der Waals surface area contributed by atoms with Crippen molar-refractivity contribution in [3.63, 3.8) is 0 Å². The third-order valence-electron chi connectivity index (χ3n) is 8.02. The number of aliphatic hydroxyl groups is 3. The highest BCUT2D eigenvalue weighted by molar-refractivity contribution is 6.25. The smallest absolute Gasteiger partial charge is 0.255 e. The lowest BCUT2D eigenvalue weighted by molar-refractivity contribution is -0.148. The van der Waals surface area contributed by atoms with E-state index in [0.717, 1.165) is 6.92 Å². The van der Waals surface area contributed by atoms with Crippen molar-refractivity contribution in [1.29, 1.82) is 0 Å². The molecule has 0 heterocycles. The zero-order chi connectivity index (χ0) is 30.2. The van der Waals surface area contributed by atoms with Crippen LogP contribution in [0.2, 0.25) is 0 Å². The molecule has 11 heteroatoms. The molecule has 0 radical (unpaired) electrons. The van der Waals surface area contributed by atoms with Gasteiger partial charge in [0.1, 0.15) is 22.8 Å². The van der Waals surface area contributed by atoms with Crippen molar-refractivity contribution in [2.45, 2.75) is 57.7 Å². The molecule has 0 saturated heterocycles. The number of carbonyl (C=O) groups is 4. The van der Waals surface area contributed by atoms with E-state index in [2.05, 4.69) is 5.32 Å². The van der Waals surface area contributed by atoms with Gasteiger partial charge in [-0.3, -0.25) is 24.1 Å². The number of rotatable bonds is 4. The third kappa shape index (κ3) is 4.19. The van der Waals surface area contributed by atoms with Crippen molar-refractivity contribution in [3.05, 3.63) is 45.4 Å². The quantitative estimate of drug-likeness (QED) is 0.346. The molecule has 4 atom stereocenters. The molecule has 3 aliphatic carbocycles. The van der Waals surface area contributed by atoms with Gasteiger partial charge in [0.05, 0.1) is 17.2 Å². The minimum absolute atomic E-state index is 0.0186. The SMILES string of the molecule is CC(=O)C1=C(O)[C@H](N(C)C)[C@@H]2C[C@@H]3Cc4c(N(C)C)cc(C(=O)NC(C)(C)C)c(O)c4C(=O)C3=C(O)[C@]2(O)C1=O. The Morgan fingerprint density at radius 2 is 1.68 bits per heavy atom. The van der Waals surface area contributed by atoms with Gasteiger partial charge in [-0.1, -0.05) is 0 Å². The Morgan fingerprint density at radius 3 is 2.17 bits per heavy atom. The first-order valence-corrected chi connectivity index (χ1v) is 13.1. The zero-order valence-electron chi connectivity index (χ0n) is 24.0. The van der Waals surface area contributed by atoms with E-state index in [4.69, 9.17) is 0 Å². The van der Waals surface area contributed by atoms with Gasteiger partial charge in [0, 0.05) is 36.8 Å². The van der Waals surface area contributed by atoms with E-state index in [1.54, 1.807) is 58.8 Å². The molecular weight excluding hydrogens is 518 g/mol. The van der Waals surface area contributed by atoms with Gasteiger partial charge in [0.2, 0.25) is 5.78 Å². The number of hydrogen-bond donors (Lipinski definition) is 5. The summed E-state index contributed by atoms with van der Waals surface area (Å²) in [5.74, 6) is -7.10. The van der Waals surface area contributed by atoms with Crippen molar-refractivity contribution in [1.82, 2.24) is 10.2 Å². The number of ketones is 3. The summed E-state index contributed by atoms with van der Waals surface area (Å²) in [6.07, 6.45) is 0.165. The average molecular weight is 556 g/mol. The van der Waals surface area contributed by atoms with Gasteiger partial charge in [-0.05, 0) is 72.2 Å². The lowest BCUT2D eigenvalue weighted by atomic mass is 9.58. The van der Waals surface area contributed by atoms with E-state index >= 15 is 0 Å². The van der Waals surface area contributed by atoms with Crippen LogP contribution in [0.3, 0.4) is 0 Å². The highest BCUT2D eigenvalue weighted by Crippen LogP contribution is 2.53. The monoisotopic (exact) mass is 555 g/mol. The molecule has 0 bridgehead atoms. The van der Waals surface area contributed by atoms with E-state index in [0.29, 0.717) is 11.3 Å². The maximum Gasteiger partial charge on any atom is 0.255 e. The van der Waals surface area contributed by atoms with Gasteiger partial charge in [-0.2, -0.15) is 0 Å². The predicted molar refractivity (Wildman–Crippen MR) is 147 cm³/mol. The lowest BCUT2D eigenvalue weighted by Gasteiger charge is -2.50. The number of carbonyl (C=O) groups excluding carboxylic acids is 4. The lowest BCUT2D eigenvalue weighted by Crippen LogP contribution is -2.63. The van der Waals surface area contributed by atoms with E-state index in [9.17, 15) is 39.6 Å². The van der Waals surface area contributed by atoms with E-state index in [-0.39, 0.29) is 29.5 Å². The van der Waals surface area contributed by atoms with Crippen LogP contribution in [0.15, 0.2) is 28.7 Å². The number of Topliss-reactive ketones (excluding diaryl/α,β-unsaturated/α-hetero) is 3. The molecule has 1 aromatic carbocycles. The molecule has 1 amide bonds. The number of nitrogens with zero attached hydrogens (tertiary/aromatic N) is 2. The molecule has 0 aromatic heterocycles. The Bertz CT molecular complexity index is 1410. The zero-order valence-corrected chi connectivity index (χ0v) is 24.0. The normalized spacial score (nSPS) is 26.4. The Hall–Kier alpha value is -3.70. The molecule has 4 rings (SSSR count). The Labute approximate surface area is 232 Å². The van der Waals surface area contributed by atoms with Crippen molar-refractivity contribution in [3.8, 4) is 5.75 Å². The number of anilines is 1. The number of phenolic OH excluding ortho intramolecular Hbond substituents is 1. The first kappa shape index (κ1) is 29.3. The Morgan fingerprint density at radius 1 is 1.07 bits per heavy atom. The van der Waals surface area contributed by atoms with Crippen LogP contribution in [0.1, 0.15) is 60.4 Å². The Kier molecular flexibility index (Phi) is 6.92. The summed E-state index contributed by atoms with van der Waals surface area (Å²) in [5.41, 5.74) is -3.52. The second-order valence-electron chi connectivity index (χ2n) is 12.4. The number of nitrogens with one attached hydrogen (secondary N) is 1. The minimum Gasteiger partial charge on any atom is -0.510 e. The summed E-state index contributed by atoms with van der Waals surface area (Å²) in [5, 5.41) is 48.3. The number of benzene rings is 1. The molecule has 0 fully saturated rings. The van der Waals surface area contributed by atoms with Crippen molar-refractivity contribution in [2.75, 3.05) is 33.1 Å². The van der Waals surface area contributed by atoms with E-state index < -0.39 is 75.1 Å². The molecule has 216 valence electrons. The van der Waals surface area contributed by atoms with Gasteiger partial charge < -0.3 is 30.6 Å². The summed E-state index contributed by atoms with van der Waals surface area (Å²) < 4.78 is 0.